The number of carboxylic acid groups (broad SMARTS) is 1. The van der Waals surface area contributed by atoms with Crippen molar-refractivity contribution in [3.05, 3.63) is 11.6 Å². The molecule has 8 atom stereocenters. The van der Waals surface area contributed by atoms with Crippen LogP contribution in [-0.4, -0.2) is 29.2 Å². The van der Waals surface area contributed by atoms with E-state index in [2.05, 4.69) is 26.8 Å². The van der Waals surface area contributed by atoms with E-state index in [0.717, 1.165) is 43.4 Å². The maximum atomic E-state index is 11.4. The largest absolute Gasteiger partial charge is 0.481 e. The lowest BCUT2D eigenvalue weighted by Crippen LogP contribution is -2.55. The minimum absolute atomic E-state index is 0.0277. The van der Waals surface area contributed by atoms with Crippen molar-refractivity contribution in [2.45, 2.75) is 98.1 Å². The van der Waals surface area contributed by atoms with Crippen LogP contribution in [0.1, 0.15) is 86.0 Å². The predicted octanol–water partition coefficient (Wildman–Crippen LogP) is 4.94. The van der Waals surface area contributed by atoms with Crippen LogP contribution in [0.3, 0.4) is 0 Å². The van der Waals surface area contributed by atoms with Gasteiger partial charge in [0.05, 0.1) is 0 Å². The summed E-state index contributed by atoms with van der Waals surface area (Å²) in [7, 11) is 0. The summed E-state index contributed by atoms with van der Waals surface area (Å²) in [5.74, 6) is 2.38. The van der Waals surface area contributed by atoms with Gasteiger partial charge in [0.2, 0.25) is 0 Å². The van der Waals surface area contributed by atoms with Crippen molar-refractivity contribution in [1.82, 2.24) is 0 Å². The van der Waals surface area contributed by atoms with Crippen molar-refractivity contribution in [3.8, 4) is 0 Å². The van der Waals surface area contributed by atoms with E-state index in [0.29, 0.717) is 5.41 Å². The maximum absolute atomic E-state index is 11.4. The summed E-state index contributed by atoms with van der Waals surface area (Å²) in [5.41, 5.74) is 8.82. The average molecular weight is 420 g/mol. The number of nitrogens with two attached hydrogens (primary N) is 1. The van der Waals surface area contributed by atoms with Crippen LogP contribution in [0, 0.1) is 34.5 Å². The molecule has 0 spiro atoms. The number of carbonyl (C=O) groups is 2. The Labute approximate surface area is 181 Å². The molecule has 5 heteroatoms. The van der Waals surface area contributed by atoms with Crippen molar-refractivity contribution in [3.63, 3.8) is 0 Å². The third-order valence-corrected chi connectivity index (χ3v) is 9.19. The first-order valence-corrected chi connectivity index (χ1v) is 11.8. The molecule has 0 amide bonds. The van der Waals surface area contributed by atoms with Gasteiger partial charge in [0.1, 0.15) is 6.10 Å². The molecule has 0 aliphatic heterocycles. The molecule has 0 heterocycles. The fourth-order valence-corrected chi connectivity index (χ4v) is 7.87. The van der Waals surface area contributed by atoms with Crippen LogP contribution in [0.2, 0.25) is 0 Å². The highest BCUT2D eigenvalue weighted by Gasteiger charge is 2.59. The van der Waals surface area contributed by atoms with Crippen LogP contribution in [0.5, 0.6) is 0 Å². The van der Waals surface area contributed by atoms with E-state index in [1.165, 1.54) is 51.0 Å². The lowest BCUT2D eigenvalue weighted by atomic mass is 9.47. The average Bonchev–Trinajstić information content (AvgIpc) is 2.98. The van der Waals surface area contributed by atoms with Crippen LogP contribution < -0.4 is 5.73 Å². The monoisotopic (exact) mass is 419 g/mol. The second kappa shape index (κ2) is 8.64. The normalized spacial score (nSPS) is 44.4. The van der Waals surface area contributed by atoms with Gasteiger partial charge in [0.15, 0.2) is 0 Å². The lowest BCUT2D eigenvalue weighted by molar-refractivity contribution is -0.150. The van der Waals surface area contributed by atoms with Crippen molar-refractivity contribution in [2.75, 3.05) is 0 Å². The number of hydrogen-bond donors (Lipinski definition) is 2. The lowest BCUT2D eigenvalue weighted by Gasteiger charge is -2.59. The third-order valence-electron chi connectivity index (χ3n) is 9.19. The Morgan fingerprint density at radius 3 is 2.47 bits per heavy atom. The number of hydrogen-bond acceptors (Lipinski definition) is 4. The number of ether oxygens (including phenoxy) is 1. The Balaban J connectivity index is 0.000000589. The molecule has 0 aromatic carbocycles. The Morgan fingerprint density at radius 2 is 1.87 bits per heavy atom. The van der Waals surface area contributed by atoms with Gasteiger partial charge < -0.3 is 15.6 Å². The number of carbonyl (C=O) groups excluding carboxylic acids is 1. The van der Waals surface area contributed by atoms with Gasteiger partial charge in [-0.2, -0.15) is 0 Å². The predicted molar refractivity (Wildman–Crippen MR) is 118 cm³/mol. The molecule has 0 radical (unpaired) electrons. The topological polar surface area (TPSA) is 89.6 Å². The van der Waals surface area contributed by atoms with E-state index >= 15 is 0 Å². The first-order valence-electron chi connectivity index (χ1n) is 11.8. The number of fused-ring (bicyclic) bond motifs is 5. The van der Waals surface area contributed by atoms with Crippen LogP contribution >= 0.6 is 0 Å². The quantitative estimate of drug-likeness (QED) is 0.489. The van der Waals surface area contributed by atoms with Gasteiger partial charge in [0, 0.05) is 26.3 Å². The minimum atomic E-state index is -0.833. The highest BCUT2D eigenvalue weighted by Crippen LogP contribution is 2.66. The van der Waals surface area contributed by atoms with Gasteiger partial charge in [-0.25, -0.2) is 0 Å². The Hall–Kier alpha value is -1.36. The minimum Gasteiger partial charge on any atom is -0.481 e. The molecule has 3 fully saturated rings. The first kappa shape index (κ1) is 23.3. The Kier molecular flexibility index (Phi) is 6.71. The van der Waals surface area contributed by atoms with Crippen LogP contribution in [0.25, 0.3) is 0 Å². The number of allylic oxidation sites excluding steroid dienone is 1. The standard InChI is InChI=1S/C23H37NO2.C2H4O2/c1-5-15-7-9-18-17-8-6-16-12-21(26-14(2)25)20(24)13-23(16,4)19(17)10-11-22(15,18)3;1-2(3)4/h6,15,17-21H,5,7-13,24H2,1-4H3;1H3,(H,3,4)/t15-,17-,18-,19-,20-,21-,22-,23+;/m0./s1. The number of rotatable bonds is 2. The molecule has 3 N–H and O–H groups in total. The van der Waals surface area contributed by atoms with Crippen LogP contribution in [0.4, 0.5) is 0 Å². The van der Waals surface area contributed by atoms with Gasteiger partial charge >= 0.3 is 5.97 Å². The second-order valence-electron chi connectivity index (χ2n) is 10.7. The van der Waals surface area contributed by atoms with E-state index in [9.17, 15) is 4.79 Å². The maximum Gasteiger partial charge on any atom is 0.302 e. The highest BCUT2D eigenvalue weighted by atomic mass is 16.5. The molecule has 0 saturated heterocycles. The van der Waals surface area contributed by atoms with Crippen LogP contribution in [-0.2, 0) is 14.3 Å². The Morgan fingerprint density at radius 1 is 1.20 bits per heavy atom. The third kappa shape index (κ3) is 4.06. The molecule has 170 valence electrons. The smallest absolute Gasteiger partial charge is 0.302 e. The molecule has 4 aliphatic carbocycles. The van der Waals surface area contributed by atoms with E-state index in [1.807, 2.05) is 0 Å². The molecule has 3 saturated carbocycles. The summed E-state index contributed by atoms with van der Waals surface area (Å²) in [6.07, 6.45) is 12.4. The summed E-state index contributed by atoms with van der Waals surface area (Å²) in [6, 6.07) is -0.0277. The number of aliphatic carboxylic acids is 1. The van der Waals surface area contributed by atoms with Crippen LogP contribution in [0.15, 0.2) is 11.6 Å². The zero-order chi connectivity index (χ0) is 22.3. The molecule has 4 aliphatic rings. The molecular formula is C25H41NO4. The summed E-state index contributed by atoms with van der Waals surface area (Å²) >= 11 is 0. The molecule has 4 rings (SSSR count). The SMILES string of the molecule is CC(=O)O.CC[C@H]1CC[C@H]2[C@@H]3CC=C4C[C@H](OC(C)=O)[C@@H](N)C[C@@]4(C)[C@H]3CC[C@@]12C. The van der Waals surface area contributed by atoms with Crippen molar-refractivity contribution in [1.29, 1.82) is 0 Å². The summed E-state index contributed by atoms with van der Waals surface area (Å²) in [5, 5.41) is 7.42. The molecule has 0 aromatic heterocycles. The molecule has 30 heavy (non-hydrogen) atoms. The fourth-order valence-electron chi connectivity index (χ4n) is 7.87. The van der Waals surface area contributed by atoms with Crippen molar-refractivity contribution in [2.24, 2.45) is 40.2 Å². The molecule has 0 aromatic rings. The number of esters is 1. The van der Waals surface area contributed by atoms with E-state index in [-0.39, 0.29) is 23.5 Å². The summed E-state index contributed by atoms with van der Waals surface area (Å²) in [4.78, 5) is 20.4. The van der Waals surface area contributed by atoms with Gasteiger partial charge in [-0.3, -0.25) is 9.59 Å². The van der Waals surface area contributed by atoms with Gasteiger partial charge in [-0.05, 0) is 73.0 Å². The highest BCUT2D eigenvalue weighted by molar-refractivity contribution is 5.66. The Bertz CT molecular complexity index is 699. The molecule has 0 bridgehead atoms. The summed E-state index contributed by atoms with van der Waals surface area (Å²) < 4.78 is 5.54. The molecule has 5 nitrogen and oxygen atoms in total. The van der Waals surface area contributed by atoms with Gasteiger partial charge in [-0.1, -0.05) is 38.8 Å². The summed E-state index contributed by atoms with van der Waals surface area (Å²) in [6.45, 7) is 10.0. The first-order chi connectivity index (χ1) is 14.0. The number of carboxylic acids is 1. The zero-order valence-corrected chi connectivity index (χ0v) is 19.4. The van der Waals surface area contributed by atoms with E-state index < -0.39 is 5.97 Å². The molecular weight excluding hydrogens is 378 g/mol. The van der Waals surface area contributed by atoms with Crippen molar-refractivity contribution >= 4 is 11.9 Å². The van der Waals surface area contributed by atoms with Gasteiger partial charge in [-0.15, -0.1) is 0 Å². The van der Waals surface area contributed by atoms with Crippen molar-refractivity contribution < 1.29 is 19.4 Å². The fraction of sp³-hybridized carbons (Fsp3) is 0.840. The van der Waals surface area contributed by atoms with Gasteiger partial charge in [0.25, 0.3) is 5.97 Å². The van der Waals surface area contributed by atoms with E-state index in [4.69, 9.17) is 20.4 Å². The zero-order valence-electron chi connectivity index (χ0n) is 19.4. The molecule has 0 unspecified atom stereocenters. The van der Waals surface area contributed by atoms with E-state index in [1.54, 1.807) is 0 Å². The second-order valence-corrected chi connectivity index (χ2v) is 10.7.